The van der Waals surface area contributed by atoms with Crippen LogP contribution in [0, 0.1) is 16.7 Å². The smallest absolute Gasteiger partial charge is 0.244 e. The Hall–Kier alpha value is -1.47. The third-order valence-corrected chi connectivity index (χ3v) is 3.61. The van der Waals surface area contributed by atoms with E-state index in [2.05, 4.69) is 11.4 Å². The number of nitriles is 1. The molecule has 1 amide bonds. The van der Waals surface area contributed by atoms with E-state index in [1.54, 1.807) is 18.7 Å². The average Bonchev–Trinajstić information content (AvgIpc) is 2.38. The molecule has 1 unspecified atom stereocenters. The maximum absolute atomic E-state index is 12.0. The van der Waals surface area contributed by atoms with Crippen molar-refractivity contribution in [2.24, 2.45) is 5.41 Å². The number of carbonyl (C=O) groups excluding carboxylic acids is 1. The quantitative estimate of drug-likeness (QED) is 0.832. The molecule has 0 aromatic heterocycles. The van der Waals surface area contributed by atoms with Crippen molar-refractivity contribution in [1.82, 2.24) is 0 Å². The Balaban J connectivity index is 2.92. The summed E-state index contributed by atoms with van der Waals surface area (Å²) in [4.78, 5) is 13.0. The molecule has 4 heteroatoms. The predicted molar refractivity (Wildman–Crippen MR) is 70.9 cm³/mol. The molecule has 0 saturated heterocycles. The minimum Gasteiger partial charge on any atom is -0.324 e. The van der Waals surface area contributed by atoms with Gasteiger partial charge >= 0.3 is 0 Å². The normalized spacial score (nSPS) is 13.5. The molecule has 0 spiro atoms. The molecule has 0 fully saturated rings. The van der Waals surface area contributed by atoms with Gasteiger partial charge in [-0.05, 0) is 31.7 Å². The number of carbonyl (C=O) groups is 1. The molecule has 1 aromatic rings. The first-order valence-electron chi connectivity index (χ1n) is 5.43. The molecule has 1 atom stereocenters. The van der Waals surface area contributed by atoms with Crippen LogP contribution in [-0.4, -0.2) is 12.2 Å². The van der Waals surface area contributed by atoms with Crippen molar-refractivity contribution in [3.63, 3.8) is 0 Å². The maximum Gasteiger partial charge on any atom is 0.244 e. The number of benzene rings is 1. The van der Waals surface area contributed by atoms with E-state index < -0.39 is 5.41 Å². The average molecular weight is 248 g/mol. The maximum atomic E-state index is 12.0. The molecule has 1 aromatic carbocycles. The summed E-state index contributed by atoms with van der Waals surface area (Å²) in [6.07, 6.45) is 2.45. The van der Waals surface area contributed by atoms with Gasteiger partial charge in [0.2, 0.25) is 5.91 Å². The van der Waals surface area contributed by atoms with Crippen LogP contribution in [0.2, 0.25) is 0 Å². The van der Waals surface area contributed by atoms with E-state index in [4.69, 9.17) is 5.26 Å². The summed E-state index contributed by atoms with van der Waals surface area (Å²) in [5.41, 5.74) is -0.203. The number of nitrogens with one attached hydrogen (secondary N) is 1. The van der Waals surface area contributed by atoms with Crippen LogP contribution >= 0.6 is 11.8 Å². The monoisotopic (exact) mass is 248 g/mol. The molecule has 1 N–H and O–H groups in total. The van der Waals surface area contributed by atoms with Crippen molar-refractivity contribution in [3.05, 3.63) is 24.3 Å². The number of nitrogens with zero attached hydrogens (tertiary/aromatic N) is 1. The van der Waals surface area contributed by atoms with E-state index in [1.807, 2.05) is 37.4 Å². The zero-order valence-corrected chi connectivity index (χ0v) is 11.1. The topological polar surface area (TPSA) is 52.9 Å². The van der Waals surface area contributed by atoms with Gasteiger partial charge in [-0.15, -0.1) is 11.8 Å². The van der Waals surface area contributed by atoms with Crippen LogP contribution in [0.15, 0.2) is 29.2 Å². The molecule has 0 radical (unpaired) electrons. The fourth-order valence-electron chi connectivity index (χ4n) is 1.30. The van der Waals surface area contributed by atoms with Crippen LogP contribution in [0.3, 0.4) is 0 Å². The summed E-state index contributed by atoms with van der Waals surface area (Å²) >= 11 is 1.57. The van der Waals surface area contributed by atoms with E-state index in [1.165, 1.54) is 0 Å². The second-order valence-corrected chi connectivity index (χ2v) is 4.80. The Labute approximate surface area is 106 Å². The van der Waals surface area contributed by atoms with E-state index in [0.717, 1.165) is 10.6 Å². The number of thioether (sulfide) groups is 1. The third-order valence-electron chi connectivity index (χ3n) is 2.81. The Morgan fingerprint density at radius 1 is 1.53 bits per heavy atom. The first kappa shape index (κ1) is 13.6. The summed E-state index contributed by atoms with van der Waals surface area (Å²) in [7, 11) is 0. The van der Waals surface area contributed by atoms with Crippen LogP contribution in [0.5, 0.6) is 0 Å². The summed E-state index contributed by atoms with van der Waals surface area (Å²) in [6.45, 7) is 3.49. The molecular formula is C13H16N2OS. The first-order valence-corrected chi connectivity index (χ1v) is 6.65. The molecule has 0 aliphatic heterocycles. The highest BCUT2D eigenvalue weighted by Crippen LogP contribution is 2.28. The van der Waals surface area contributed by atoms with Gasteiger partial charge < -0.3 is 5.32 Å². The van der Waals surface area contributed by atoms with Gasteiger partial charge in [-0.25, -0.2) is 0 Å². The standard InChI is InChI=1S/C13H16N2OS/c1-4-13(2,9-14)12(16)15-10-7-5-6-8-11(10)17-3/h5-8H,4H2,1-3H3,(H,15,16). The molecule has 0 aliphatic carbocycles. The number of amides is 1. The third kappa shape index (κ3) is 3.01. The molecule has 0 heterocycles. The number of hydrogen-bond acceptors (Lipinski definition) is 3. The Bertz CT molecular complexity index is 453. The zero-order chi connectivity index (χ0) is 12.9. The summed E-state index contributed by atoms with van der Waals surface area (Å²) < 4.78 is 0. The van der Waals surface area contributed by atoms with Crippen LogP contribution in [0.4, 0.5) is 5.69 Å². The lowest BCUT2D eigenvalue weighted by atomic mass is 9.88. The minimum absolute atomic E-state index is 0.246. The molecule has 1 rings (SSSR count). The van der Waals surface area contributed by atoms with Crippen LogP contribution in [-0.2, 0) is 4.79 Å². The van der Waals surface area contributed by atoms with E-state index in [-0.39, 0.29) is 5.91 Å². The Kier molecular flexibility index (Phi) is 4.59. The highest BCUT2D eigenvalue weighted by Gasteiger charge is 2.31. The molecular weight excluding hydrogens is 232 g/mol. The van der Waals surface area contributed by atoms with Gasteiger partial charge in [0.25, 0.3) is 0 Å². The van der Waals surface area contributed by atoms with Crippen LogP contribution in [0.1, 0.15) is 20.3 Å². The summed E-state index contributed by atoms with van der Waals surface area (Å²) in [6, 6.07) is 9.64. The van der Waals surface area contributed by atoms with Crippen molar-refractivity contribution >= 4 is 23.4 Å². The lowest BCUT2D eigenvalue weighted by Gasteiger charge is -2.19. The fourth-order valence-corrected chi connectivity index (χ4v) is 1.85. The van der Waals surface area contributed by atoms with Gasteiger partial charge in [-0.2, -0.15) is 5.26 Å². The van der Waals surface area contributed by atoms with Crippen molar-refractivity contribution in [2.45, 2.75) is 25.2 Å². The van der Waals surface area contributed by atoms with Crippen LogP contribution < -0.4 is 5.32 Å². The summed E-state index contributed by atoms with van der Waals surface area (Å²) in [5, 5.41) is 11.9. The minimum atomic E-state index is -0.967. The Morgan fingerprint density at radius 3 is 2.71 bits per heavy atom. The lowest BCUT2D eigenvalue weighted by molar-refractivity contribution is -0.122. The van der Waals surface area contributed by atoms with Gasteiger partial charge in [0.1, 0.15) is 5.41 Å². The van der Waals surface area contributed by atoms with E-state index in [0.29, 0.717) is 6.42 Å². The van der Waals surface area contributed by atoms with Gasteiger partial charge in [0.15, 0.2) is 0 Å². The highest BCUT2D eigenvalue weighted by molar-refractivity contribution is 7.98. The number of hydrogen-bond donors (Lipinski definition) is 1. The zero-order valence-electron chi connectivity index (χ0n) is 10.3. The SMILES string of the molecule is CCC(C)(C#N)C(=O)Nc1ccccc1SC. The molecule has 0 bridgehead atoms. The number of rotatable bonds is 4. The first-order chi connectivity index (χ1) is 8.07. The van der Waals surface area contributed by atoms with Crippen molar-refractivity contribution in [2.75, 3.05) is 11.6 Å². The van der Waals surface area contributed by atoms with Crippen LogP contribution in [0.25, 0.3) is 0 Å². The predicted octanol–water partition coefficient (Wildman–Crippen LogP) is 3.29. The number of para-hydroxylation sites is 1. The molecule has 0 aliphatic rings. The van der Waals surface area contributed by atoms with Gasteiger partial charge in [-0.3, -0.25) is 4.79 Å². The largest absolute Gasteiger partial charge is 0.324 e. The van der Waals surface area contributed by atoms with Crippen molar-refractivity contribution in [3.8, 4) is 6.07 Å². The molecule has 17 heavy (non-hydrogen) atoms. The van der Waals surface area contributed by atoms with E-state index >= 15 is 0 Å². The van der Waals surface area contributed by atoms with Crippen molar-refractivity contribution < 1.29 is 4.79 Å². The Morgan fingerprint density at radius 2 is 2.18 bits per heavy atom. The highest BCUT2D eigenvalue weighted by atomic mass is 32.2. The molecule has 3 nitrogen and oxygen atoms in total. The van der Waals surface area contributed by atoms with Gasteiger partial charge in [-0.1, -0.05) is 19.1 Å². The fraction of sp³-hybridized carbons (Fsp3) is 0.385. The van der Waals surface area contributed by atoms with Crippen molar-refractivity contribution in [1.29, 1.82) is 5.26 Å². The molecule has 90 valence electrons. The lowest BCUT2D eigenvalue weighted by Crippen LogP contribution is -2.31. The molecule has 0 saturated carbocycles. The second-order valence-electron chi connectivity index (χ2n) is 3.95. The van der Waals surface area contributed by atoms with E-state index in [9.17, 15) is 4.79 Å². The second kappa shape index (κ2) is 5.74. The van der Waals surface area contributed by atoms with Gasteiger partial charge in [0.05, 0.1) is 11.8 Å². The number of anilines is 1. The summed E-state index contributed by atoms with van der Waals surface area (Å²) in [5.74, 6) is -0.246. The van der Waals surface area contributed by atoms with Gasteiger partial charge in [0, 0.05) is 4.90 Å².